The second-order valence-corrected chi connectivity index (χ2v) is 6.66. The van der Waals surface area contributed by atoms with Gasteiger partial charge in [0.15, 0.2) is 0 Å². The second kappa shape index (κ2) is 6.12. The fourth-order valence-electron chi connectivity index (χ4n) is 2.13. The minimum atomic E-state index is -4.74. The highest BCUT2D eigenvalue weighted by atomic mass is 35.5. The second-order valence-electron chi connectivity index (χ2n) is 4.49. The third-order valence-corrected chi connectivity index (χ3v) is 5.50. The van der Waals surface area contributed by atoms with E-state index in [2.05, 4.69) is 0 Å². The van der Waals surface area contributed by atoms with Crippen molar-refractivity contribution in [3.8, 4) is 0 Å². The maximum atomic E-state index is 13.0. The summed E-state index contributed by atoms with van der Waals surface area (Å²) in [4.78, 5) is -0.755. The molecule has 1 saturated heterocycles. The molecule has 0 spiro atoms. The highest BCUT2D eigenvalue weighted by Crippen LogP contribution is 2.35. The van der Waals surface area contributed by atoms with E-state index >= 15 is 0 Å². The number of alkyl halides is 4. The lowest BCUT2D eigenvalue weighted by atomic mass is 10.2. The molecule has 1 aromatic carbocycles. The standard InChI is InChI=1S/C12H13ClF3NO3S/c13-7-9-8-20-6-5-17(9)21(18,19)11-4-2-1-3-10(11)12(14,15)16/h1-4,9H,5-8H2. The van der Waals surface area contributed by atoms with Crippen LogP contribution >= 0.6 is 11.6 Å². The molecule has 0 aliphatic carbocycles. The summed E-state index contributed by atoms with van der Waals surface area (Å²) in [5.41, 5.74) is -1.18. The van der Waals surface area contributed by atoms with E-state index in [0.717, 1.165) is 22.5 Å². The van der Waals surface area contributed by atoms with Gasteiger partial charge < -0.3 is 4.74 Å². The number of hydrogen-bond acceptors (Lipinski definition) is 3. The number of nitrogens with zero attached hydrogens (tertiary/aromatic N) is 1. The van der Waals surface area contributed by atoms with Gasteiger partial charge in [0.2, 0.25) is 10.0 Å². The van der Waals surface area contributed by atoms with Crippen LogP contribution in [0.4, 0.5) is 13.2 Å². The van der Waals surface area contributed by atoms with Crippen LogP contribution in [0.25, 0.3) is 0 Å². The normalized spacial score (nSPS) is 21.4. The zero-order valence-electron chi connectivity index (χ0n) is 10.8. The van der Waals surface area contributed by atoms with E-state index in [1.54, 1.807) is 0 Å². The van der Waals surface area contributed by atoms with E-state index in [4.69, 9.17) is 16.3 Å². The summed E-state index contributed by atoms with van der Waals surface area (Å²) < 4.78 is 70.1. The monoisotopic (exact) mass is 343 g/mol. The summed E-state index contributed by atoms with van der Waals surface area (Å²) in [5.74, 6) is -0.0482. The van der Waals surface area contributed by atoms with Crippen LogP contribution in [-0.2, 0) is 20.9 Å². The average Bonchev–Trinajstić information content (AvgIpc) is 2.46. The number of hydrogen-bond donors (Lipinski definition) is 0. The topological polar surface area (TPSA) is 46.6 Å². The fourth-order valence-corrected chi connectivity index (χ4v) is 4.27. The van der Waals surface area contributed by atoms with Crippen molar-refractivity contribution in [2.24, 2.45) is 0 Å². The molecule has 0 saturated carbocycles. The molecule has 0 N–H and O–H groups in total. The van der Waals surface area contributed by atoms with Crippen LogP contribution in [0.1, 0.15) is 5.56 Å². The van der Waals surface area contributed by atoms with Crippen LogP contribution in [0, 0.1) is 0 Å². The Labute approximate surface area is 125 Å². The lowest BCUT2D eigenvalue weighted by molar-refractivity contribution is -0.139. The van der Waals surface area contributed by atoms with Gasteiger partial charge in [0, 0.05) is 12.4 Å². The maximum absolute atomic E-state index is 13.0. The van der Waals surface area contributed by atoms with Gasteiger partial charge in [-0.1, -0.05) is 12.1 Å². The molecule has 0 aromatic heterocycles. The van der Waals surface area contributed by atoms with Gasteiger partial charge in [-0.25, -0.2) is 8.42 Å². The van der Waals surface area contributed by atoms with Crippen LogP contribution < -0.4 is 0 Å². The van der Waals surface area contributed by atoms with Crippen LogP contribution in [0.3, 0.4) is 0 Å². The lowest BCUT2D eigenvalue weighted by Gasteiger charge is -2.33. The SMILES string of the molecule is O=S(=O)(c1ccccc1C(F)(F)F)N1CCOCC1CCl. The first-order valence-electron chi connectivity index (χ1n) is 6.10. The van der Waals surface area contributed by atoms with Crippen molar-refractivity contribution in [3.05, 3.63) is 29.8 Å². The molecule has 2 rings (SSSR count). The van der Waals surface area contributed by atoms with E-state index in [0.29, 0.717) is 0 Å². The molecule has 9 heteroatoms. The summed E-state index contributed by atoms with van der Waals surface area (Å²) in [6, 6.07) is 3.45. The Morgan fingerprint density at radius 1 is 1.33 bits per heavy atom. The molecule has 21 heavy (non-hydrogen) atoms. The van der Waals surface area contributed by atoms with Gasteiger partial charge in [0.1, 0.15) is 0 Å². The number of morpholine rings is 1. The molecule has 0 radical (unpaired) electrons. The minimum Gasteiger partial charge on any atom is -0.378 e. The third kappa shape index (κ3) is 3.33. The first-order valence-corrected chi connectivity index (χ1v) is 8.07. The number of ether oxygens (including phenoxy) is 1. The van der Waals surface area contributed by atoms with Gasteiger partial charge in [0.25, 0.3) is 0 Å². The number of benzene rings is 1. The van der Waals surface area contributed by atoms with Crippen molar-refractivity contribution < 1.29 is 26.3 Å². The Morgan fingerprint density at radius 3 is 2.62 bits per heavy atom. The van der Waals surface area contributed by atoms with Gasteiger partial charge in [-0.15, -0.1) is 11.6 Å². The third-order valence-electron chi connectivity index (χ3n) is 3.13. The zero-order chi connectivity index (χ0) is 15.7. The molecular weight excluding hydrogens is 331 g/mol. The largest absolute Gasteiger partial charge is 0.417 e. The average molecular weight is 344 g/mol. The molecule has 1 fully saturated rings. The van der Waals surface area contributed by atoms with Crippen molar-refractivity contribution in [2.45, 2.75) is 17.1 Å². The summed E-state index contributed by atoms with van der Waals surface area (Å²) in [6.07, 6.45) is -4.74. The number of rotatable bonds is 3. The zero-order valence-corrected chi connectivity index (χ0v) is 12.4. The Hall–Kier alpha value is -0.830. The highest BCUT2D eigenvalue weighted by molar-refractivity contribution is 7.89. The van der Waals surface area contributed by atoms with Gasteiger partial charge in [-0.2, -0.15) is 17.5 Å². The van der Waals surface area contributed by atoms with E-state index in [-0.39, 0.29) is 25.6 Å². The van der Waals surface area contributed by atoms with Gasteiger partial charge in [-0.3, -0.25) is 0 Å². The quantitative estimate of drug-likeness (QED) is 0.791. The molecule has 1 aliphatic rings. The van der Waals surface area contributed by atoms with Crippen molar-refractivity contribution >= 4 is 21.6 Å². The summed E-state index contributed by atoms with van der Waals surface area (Å²) in [7, 11) is -4.29. The molecule has 4 nitrogen and oxygen atoms in total. The Balaban J connectivity index is 2.49. The van der Waals surface area contributed by atoms with Crippen LogP contribution in [-0.4, -0.2) is 44.4 Å². The highest BCUT2D eigenvalue weighted by Gasteiger charge is 2.41. The van der Waals surface area contributed by atoms with E-state index in [1.807, 2.05) is 0 Å². The first-order chi connectivity index (χ1) is 9.78. The van der Waals surface area contributed by atoms with Gasteiger partial charge in [0.05, 0.1) is 29.7 Å². The summed E-state index contributed by atoms with van der Waals surface area (Å²) in [5, 5.41) is 0. The fraction of sp³-hybridized carbons (Fsp3) is 0.500. The molecule has 1 aliphatic heterocycles. The molecule has 1 atom stereocenters. The van der Waals surface area contributed by atoms with E-state index in [1.165, 1.54) is 6.07 Å². The predicted octanol–water partition coefficient (Wildman–Crippen LogP) is 2.33. The molecular formula is C12H13ClF3NO3S. The van der Waals surface area contributed by atoms with Crippen molar-refractivity contribution in [3.63, 3.8) is 0 Å². The maximum Gasteiger partial charge on any atom is 0.417 e. The van der Waals surface area contributed by atoms with E-state index < -0.39 is 32.7 Å². The summed E-state index contributed by atoms with van der Waals surface area (Å²) >= 11 is 5.69. The van der Waals surface area contributed by atoms with Gasteiger partial charge >= 0.3 is 6.18 Å². The van der Waals surface area contributed by atoms with Crippen molar-refractivity contribution in [1.82, 2.24) is 4.31 Å². The molecule has 1 heterocycles. The Morgan fingerprint density at radius 2 is 2.00 bits per heavy atom. The van der Waals surface area contributed by atoms with Crippen LogP contribution in [0.2, 0.25) is 0 Å². The molecule has 0 bridgehead atoms. The molecule has 1 unspecified atom stereocenters. The smallest absolute Gasteiger partial charge is 0.378 e. The number of sulfonamides is 1. The molecule has 118 valence electrons. The lowest BCUT2D eigenvalue weighted by Crippen LogP contribution is -2.49. The Bertz CT molecular complexity index is 606. The van der Waals surface area contributed by atoms with Crippen molar-refractivity contribution in [1.29, 1.82) is 0 Å². The predicted molar refractivity (Wildman–Crippen MR) is 70.7 cm³/mol. The van der Waals surface area contributed by atoms with Gasteiger partial charge in [-0.05, 0) is 12.1 Å². The first kappa shape index (κ1) is 16.5. The Kier molecular flexibility index (Phi) is 4.82. The van der Waals surface area contributed by atoms with Crippen LogP contribution in [0.15, 0.2) is 29.2 Å². The molecule has 0 amide bonds. The van der Waals surface area contributed by atoms with E-state index in [9.17, 15) is 21.6 Å². The number of halogens is 4. The molecule has 1 aromatic rings. The summed E-state index contributed by atoms with van der Waals surface area (Å²) in [6.45, 7) is 0.170. The minimum absolute atomic E-state index is 0.0219. The van der Waals surface area contributed by atoms with Crippen LogP contribution in [0.5, 0.6) is 0 Å². The van der Waals surface area contributed by atoms with Crippen molar-refractivity contribution in [2.75, 3.05) is 25.6 Å².